The summed E-state index contributed by atoms with van der Waals surface area (Å²) >= 11 is 1.19. The van der Waals surface area contributed by atoms with Gasteiger partial charge < -0.3 is 23.7 Å². The van der Waals surface area contributed by atoms with Crippen molar-refractivity contribution in [2.45, 2.75) is 48.8 Å². The molecule has 21 heteroatoms. The minimum atomic E-state index is -7.18. The van der Waals surface area contributed by atoms with Gasteiger partial charge in [-0.2, -0.15) is 43.9 Å². The van der Waals surface area contributed by atoms with E-state index in [4.69, 9.17) is 18.9 Å². The predicted octanol–water partition coefficient (Wildman–Crippen LogP) is 7.28. The summed E-state index contributed by atoms with van der Waals surface area (Å²) in [6, 6.07) is 7.12. The molecule has 2 aromatic rings. The van der Waals surface area contributed by atoms with Crippen LogP contribution in [0.5, 0.6) is 5.75 Å². The third-order valence-electron chi connectivity index (χ3n) is 6.00. The normalized spacial score (nSPS) is 13.6. The fourth-order valence-corrected chi connectivity index (χ4v) is 3.68. The van der Waals surface area contributed by atoms with E-state index in [1.54, 1.807) is 0 Å². The van der Waals surface area contributed by atoms with Crippen molar-refractivity contribution < 1.29 is 91.5 Å². The number of methoxy groups -OCH3 is 1. The number of hydrogen-bond donors (Lipinski definition) is 0. The van der Waals surface area contributed by atoms with Crippen LogP contribution >= 0.6 is 15.9 Å². The lowest BCUT2D eigenvalue weighted by atomic mass is 10.1. The van der Waals surface area contributed by atoms with Gasteiger partial charge in [-0.05, 0) is 53.2 Å². The molecule has 0 saturated heterocycles. The van der Waals surface area contributed by atoms with Crippen molar-refractivity contribution in [1.82, 2.24) is 0 Å². The second-order valence-corrected chi connectivity index (χ2v) is 10.8. The average Bonchev–Trinajstić information content (AvgIpc) is 3.01. The van der Waals surface area contributed by atoms with E-state index in [1.807, 2.05) is 0 Å². The second-order valence-electron chi connectivity index (χ2n) is 9.78. The number of ketones is 1. The maximum absolute atomic E-state index is 14.8. The molecule has 278 valence electrons. The minimum absolute atomic E-state index is 0.0506. The van der Waals surface area contributed by atoms with Gasteiger partial charge in [0, 0.05) is 32.1 Å². The topological polar surface area (TPSA) is 124 Å². The van der Waals surface area contributed by atoms with Gasteiger partial charge in [0.05, 0.1) is 30.9 Å². The highest BCUT2D eigenvalue weighted by Gasteiger charge is 2.78. The molecular weight excluding hydrogens is 778 g/mol. The highest BCUT2D eigenvalue weighted by molar-refractivity contribution is 9.10. The van der Waals surface area contributed by atoms with Crippen molar-refractivity contribution in [3.05, 3.63) is 64.7 Å². The molecule has 0 aliphatic heterocycles. The lowest BCUT2D eigenvalue weighted by molar-refractivity contribution is -0.466. The van der Waals surface area contributed by atoms with Crippen molar-refractivity contribution in [3.63, 3.8) is 0 Å². The van der Waals surface area contributed by atoms with Crippen molar-refractivity contribution in [2.24, 2.45) is 0 Å². The van der Waals surface area contributed by atoms with Gasteiger partial charge >= 0.3 is 47.0 Å². The van der Waals surface area contributed by atoms with Gasteiger partial charge in [-0.1, -0.05) is 12.1 Å². The first kappa shape index (κ1) is 42.2. The molecule has 50 heavy (non-hydrogen) atoms. The Morgan fingerprint density at radius 1 is 0.640 bits per heavy atom. The van der Waals surface area contributed by atoms with E-state index < -0.39 is 77.1 Å². The molecular formula is C29H25BrF10O10. The van der Waals surface area contributed by atoms with Gasteiger partial charge in [0.15, 0.2) is 5.78 Å². The molecule has 0 heterocycles. The van der Waals surface area contributed by atoms with Crippen LogP contribution in [-0.2, 0) is 23.7 Å². The molecule has 2 rings (SSSR count). The Bertz CT molecular complexity index is 1520. The van der Waals surface area contributed by atoms with E-state index >= 15 is 0 Å². The number of alkyl halides is 11. The molecule has 0 spiro atoms. The Morgan fingerprint density at radius 2 is 1.10 bits per heavy atom. The Hall–Kier alpha value is -3.98. The van der Waals surface area contributed by atoms with Crippen LogP contribution < -0.4 is 4.74 Å². The lowest BCUT2D eigenvalue weighted by Crippen LogP contribution is -2.59. The molecule has 0 aliphatic rings. The van der Waals surface area contributed by atoms with E-state index in [2.05, 4.69) is 9.47 Å². The molecule has 2 aromatic carbocycles. The number of Topliss-reactive ketones (excluding diaryl/α,β-unsaturated/α-hetero) is 1. The smallest absolute Gasteiger partial charge is 0.462 e. The number of hydrogen-bond acceptors (Lipinski definition) is 10. The fraction of sp³-hybridized carbons (Fsp3) is 0.448. The largest absolute Gasteiger partial charge is 0.471 e. The number of carbonyl (C=O) groups excluding carboxylic acids is 4. The summed E-state index contributed by atoms with van der Waals surface area (Å²) < 4.78 is 156. The maximum atomic E-state index is 14.8. The molecule has 0 saturated carbocycles. The summed E-state index contributed by atoms with van der Waals surface area (Å²) in [6.07, 6.45) is -20.0. The first-order valence-electron chi connectivity index (χ1n) is 13.7. The number of ether oxygens (including phenoxy) is 6. The Morgan fingerprint density at radius 3 is 1.60 bits per heavy atom. The first-order valence-corrected chi connectivity index (χ1v) is 14.5. The summed E-state index contributed by atoms with van der Waals surface area (Å²) in [7, 11) is 1.29. The van der Waals surface area contributed by atoms with Gasteiger partial charge in [-0.3, -0.25) is 9.53 Å². The fourth-order valence-electron chi connectivity index (χ4n) is 3.39. The van der Waals surface area contributed by atoms with Crippen LogP contribution in [0, 0.1) is 0 Å². The Labute approximate surface area is 284 Å². The molecule has 1 atom stereocenters. The molecule has 1 unspecified atom stereocenters. The number of esters is 3. The summed E-state index contributed by atoms with van der Waals surface area (Å²) in [5, 5.41) is 0. The van der Waals surface area contributed by atoms with Crippen molar-refractivity contribution in [2.75, 3.05) is 33.5 Å². The minimum Gasteiger partial charge on any atom is -0.462 e. The maximum Gasteiger partial charge on any atom is 0.471 e. The number of benzene rings is 2. The Balaban J connectivity index is 2.22. The van der Waals surface area contributed by atoms with E-state index in [0.29, 0.717) is 11.6 Å². The van der Waals surface area contributed by atoms with Crippen LogP contribution in [0.15, 0.2) is 42.5 Å². The highest BCUT2D eigenvalue weighted by Crippen LogP contribution is 2.52. The van der Waals surface area contributed by atoms with Crippen LogP contribution in [0.1, 0.15) is 61.2 Å². The zero-order chi connectivity index (χ0) is 38.1. The van der Waals surface area contributed by atoms with E-state index in [9.17, 15) is 63.1 Å². The highest BCUT2D eigenvalue weighted by atomic mass is 79.9. The molecule has 0 radical (unpaired) electrons. The van der Waals surface area contributed by atoms with Crippen LogP contribution in [0.25, 0.3) is 0 Å². The standard InChI is InChI=1S/C29H25BrF10O10/c1-16(41)17-5-7-18(8-6-17)22(42)46-13-4-14-47-23(43)19-9-10-20(24(44)48-12-3-11-45-2)21(15-19)49-29(39,40)26(30,33)50-28(37,38)25(31,32)27(34,35)36/h5-10,15H,3-4,11-14H2,1-2H3. The molecule has 0 bridgehead atoms. The van der Waals surface area contributed by atoms with Crippen molar-refractivity contribution in [1.29, 1.82) is 0 Å². The monoisotopic (exact) mass is 802 g/mol. The van der Waals surface area contributed by atoms with Gasteiger partial charge in [0.1, 0.15) is 11.3 Å². The van der Waals surface area contributed by atoms with Gasteiger partial charge in [0.25, 0.3) is 0 Å². The zero-order valence-corrected chi connectivity index (χ0v) is 27.1. The van der Waals surface area contributed by atoms with Gasteiger partial charge in [-0.25, -0.2) is 14.4 Å². The van der Waals surface area contributed by atoms with Crippen molar-refractivity contribution in [3.8, 4) is 5.75 Å². The third-order valence-corrected chi connectivity index (χ3v) is 6.62. The van der Waals surface area contributed by atoms with Gasteiger partial charge in [0.2, 0.25) is 0 Å². The number of carbonyl (C=O) groups is 4. The van der Waals surface area contributed by atoms with Crippen LogP contribution in [0.4, 0.5) is 43.9 Å². The van der Waals surface area contributed by atoms with Crippen LogP contribution in [-0.4, -0.2) is 86.3 Å². The third kappa shape index (κ3) is 10.8. The lowest BCUT2D eigenvalue weighted by Gasteiger charge is -2.34. The Kier molecular flexibility index (Phi) is 14.2. The summed E-state index contributed by atoms with van der Waals surface area (Å²) in [4.78, 5) is 48.5. The molecule has 0 N–H and O–H groups in total. The molecule has 10 nitrogen and oxygen atoms in total. The van der Waals surface area contributed by atoms with Crippen LogP contribution in [0.2, 0.25) is 0 Å². The second kappa shape index (κ2) is 16.8. The zero-order valence-electron chi connectivity index (χ0n) is 25.5. The molecule has 0 amide bonds. The van der Waals surface area contributed by atoms with E-state index in [1.165, 1.54) is 54.2 Å². The predicted molar refractivity (Wildman–Crippen MR) is 150 cm³/mol. The van der Waals surface area contributed by atoms with Gasteiger partial charge in [-0.15, -0.1) is 0 Å². The SMILES string of the molecule is COCCCOC(=O)c1ccc(C(=O)OCCCOC(=O)c2ccc(C(C)=O)cc2)cc1OC(F)(F)C(F)(Br)OC(F)(F)C(F)(F)C(F)(F)F. The molecule has 0 aliphatic carbocycles. The summed E-state index contributed by atoms with van der Waals surface area (Å²) in [5.41, 5.74) is -1.31. The number of rotatable bonds is 18. The van der Waals surface area contributed by atoms with E-state index in [-0.39, 0.29) is 43.5 Å². The summed E-state index contributed by atoms with van der Waals surface area (Å²) in [6.45, 7) is 0.177. The molecule has 0 aromatic heterocycles. The quantitative estimate of drug-likeness (QED) is 0.0380. The van der Waals surface area contributed by atoms with Crippen molar-refractivity contribution >= 4 is 39.6 Å². The summed E-state index contributed by atoms with van der Waals surface area (Å²) in [5.74, 6) is -12.6. The number of halogens is 11. The van der Waals surface area contributed by atoms with Crippen LogP contribution in [0.3, 0.4) is 0 Å². The average molecular weight is 803 g/mol. The molecule has 0 fully saturated rings. The first-order chi connectivity index (χ1) is 23.0. The van der Waals surface area contributed by atoms with E-state index in [0.717, 1.165) is 6.07 Å².